The fourth-order valence-electron chi connectivity index (χ4n) is 2.21. The molecule has 2 amide bonds. The van der Waals surface area contributed by atoms with Gasteiger partial charge in [-0.25, -0.2) is 4.39 Å². The van der Waals surface area contributed by atoms with Crippen LogP contribution in [0.15, 0.2) is 34.9 Å². The van der Waals surface area contributed by atoms with Crippen molar-refractivity contribution in [1.29, 1.82) is 0 Å². The molecule has 1 aromatic heterocycles. The second-order valence-electron chi connectivity index (χ2n) is 5.45. The summed E-state index contributed by atoms with van der Waals surface area (Å²) in [6.07, 6.45) is 0.569. The number of hydrogen-bond donors (Lipinski definition) is 1. The van der Waals surface area contributed by atoms with Crippen molar-refractivity contribution < 1.29 is 23.2 Å². The lowest BCUT2D eigenvalue weighted by molar-refractivity contribution is -0.117. The Hall–Kier alpha value is -2.74. The van der Waals surface area contributed by atoms with Gasteiger partial charge in [0.1, 0.15) is 18.1 Å². The molecule has 0 aliphatic rings. The van der Waals surface area contributed by atoms with Gasteiger partial charge in [-0.2, -0.15) is 0 Å². The summed E-state index contributed by atoms with van der Waals surface area (Å²) in [5.41, 5.74) is 0.309. The van der Waals surface area contributed by atoms with Crippen molar-refractivity contribution in [2.24, 2.45) is 0 Å². The van der Waals surface area contributed by atoms with Gasteiger partial charge in [0.05, 0.1) is 0 Å². The number of methoxy groups -OCH3 is 1. The molecule has 1 aromatic carbocycles. The smallest absolute Gasteiger partial charge is 0.254 e. The first kappa shape index (κ1) is 18.6. The normalized spacial score (nSPS) is 10.5. The summed E-state index contributed by atoms with van der Waals surface area (Å²) in [7, 11) is 1.56. The number of carbonyl (C=O) groups is 2. The van der Waals surface area contributed by atoms with E-state index >= 15 is 0 Å². The molecular weight excluding hydrogens is 329 g/mol. The number of rotatable bonds is 8. The van der Waals surface area contributed by atoms with E-state index in [0.717, 1.165) is 0 Å². The van der Waals surface area contributed by atoms with Gasteiger partial charge in [0.15, 0.2) is 5.82 Å². The van der Waals surface area contributed by atoms with Gasteiger partial charge < -0.3 is 19.5 Å². The minimum atomic E-state index is -0.429. The molecular formula is C17H20FN3O4. The van der Waals surface area contributed by atoms with Gasteiger partial charge in [-0.05, 0) is 37.6 Å². The van der Waals surface area contributed by atoms with Gasteiger partial charge in [-0.15, -0.1) is 0 Å². The van der Waals surface area contributed by atoms with E-state index < -0.39 is 11.7 Å². The number of benzene rings is 1. The molecule has 0 bridgehead atoms. The van der Waals surface area contributed by atoms with E-state index in [1.165, 1.54) is 29.2 Å². The number of aryl methyl sites for hydroxylation is 1. The van der Waals surface area contributed by atoms with Crippen LogP contribution in [0, 0.1) is 12.7 Å². The van der Waals surface area contributed by atoms with Crippen molar-refractivity contribution >= 4 is 17.6 Å². The second-order valence-corrected chi connectivity index (χ2v) is 5.45. The maximum absolute atomic E-state index is 13.0. The molecule has 0 atom stereocenters. The Morgan fingerprint density at radius 2 is 2.04 bits per heavy atom. The van der Waals surface area contributed by atoms with E-state index in [9.17, 15) is 14.0 Å². The van der Waals surface area contributed by atoms with Crippen LogP contribution in [0.5, 0.6) is 0 Å². The van der Waals surface area contributed by atoms with E-state index in [2.05, 4.69) is 10.5 Å². The summed E-state index contributed by atoms with van der Waals surface area (Å²) in [5.74, 6) is -0.339. The van der Waals surface area contributed by atoms with Crippen LogP contribution in [0.1, 0.15) is 22.5 Å². The van der Waals surface area contributed by atoms with Crippen LogP contribution < -0.4 is 5.32 Å². The molecule has 1 heterocycles. The first-order valence-corrected chi connectivity index (χ1v) is 7.76. The molecule has 2 rings (SSSR count). The Bertz CT molecular complexity index is 715. The SMILES string of the molecule is COCCCN(CC(=O)Nc1cc(C)on1)C(=O)c1ccc(F)cc1. The number of anilines is 1. The molecule has 7 nitrogen and oxygen atoms in total. The predicted octanol–water partition coefficient (Wildman–Crippen LogP) is 2.24. The largest absolute Gasteiger partial charge is 0.385 e. The zero-order valence-electron chi connectivity index (χ0n) is 14.1. The Morgan fingerprint density at radius 3 is 2.64 bits per heavy atom. The van der Waals surface area contributed by atoms with E-state index in [-0.39, 0.29) is 18.3 Å². The topological polar surface area (TPSA) is 84.7 Å². The number of halogens is 1. The highest BCUT2D eigenvalue weighted by Crippen LogP contribution is 2.10. The van der Waals surface area contributed by atoms with Crippen LogP contribution >= 0.6 is 0 Å². The molecule has 134 valence electrons. The van der Waals surface area contributed by atoms with E-state index in [1.54, 1.807) is 20.1 Å². The minimum Gasteiger partial charge on any atom is -0.385 e. The summed E-state index contributed by atoms with van der Waals surface area (Å²) in [6.45, 7) is 2.33. The third-order valence-corrected chi connectivity index (χ3v) is 3.38. The number of aromatic nitrogens is 1. The number of carbonyl (C=O) groups excluding carboxylic acids is 2. The van der Waals surface area contributed by atoms with Crippen LogP contribution in [0.3, 0.4) is 0 Å². The molecule has 0 saturated heterocycles. The number of nitrogens with one attached hydrogen (secondary N) is 1. The average molecular weight is 349 g/mol. The van der Waals surface area contributed by atoms with Crippen LogP contribution in [0.4, 0.5) is 10.2 Å². The van der Waals surface area contributed by atoms with E-state index in [4.69, 9.17) is 9.26 Å². The van der Waals surface area contributed by atoms with Gasteiger partial charge in [0, 0.05) is 31.9 Å². The van der Waals surface area contributed by atoms with Crippen LogP contribution in [0.2, 0.25) is 0 Å². The Balaban J connectivity index is 2.04. The maximum Gasteiger partial charge on any atom is 0.254 e. The number of nitrogens with zero attached hydrogens (tertiary/aromatic N) is 2. The predicted molar refractivity (Wildman–Crippen MR) is 88.7 cm³/mol. The van der Waals surface area contributed by atoms with E-state index in [0.29, 0.717) is 30.9 Å². The monoisotopic (exact) mass is 349 g/mol. The molecule has 0 spiro atoms. The molecule has 0 fully saturated rings. The molecule has 1 N–H and O–H groups in total. The molecule has 0 radical (unpaired) electrons. The average Bonchev–Trinajstić information content (AvgIpc) is 2.99. The zero-order valence-corrected chi connectivity index (χ0v) is 14.1. The maximum atomic E-state index is 13.0. The summed E-state index contributed by atoms with van der Waals surface area (Å²) < 4.78 is 22.9. The van der Waals surface area contributed by atoms with Crippen molar-refractivity contribution in [3.05, 3.63) is 47.5 Å². The number of hydrogen-bond acceptors (Lipinski definition) is 5. The molecule has 8 heteroatoms. The van der Waals surface area contributed by atoms with Crippen LogP contribution in [-0.4, -0.2) is 48.7 Å². The van der Waals surface area contributed by atoms with E-state index in [1.807, 2.05) is 0 Å². The second kappa shape index (κ2) is 8.93. The first-order valence-electron chi connectivity index (χ1n) is 7.76. The third-order valence-electron chi connectivity index (χ3n) is 3.38. The highest BCUT2D eigenvalue weighted by atomic mass is 19.1. The molecule has 0 saturated carbocycles. The lowest BCUT2D eigenvalue weighted by Crippen LogP contribution is -2.39. The van der Waals surface area contributed by atoms with Gasteiger partial charge >= 0.3 is 0 Å². The highest BCUT2D eigenvalue weighted by Gasteiger charge is 2.19. The number of amides is 2. The van der Waals surface area contributed by atoms with Crippen molar-refractivity contribution in [2.75, 3.05) is 32.1 Å². The van der Waals surface area contributed by atoms with Gasteiger partial charge in [-0.3, -0.25) is 9.59 Å². The lowest BCUT2D eigenvalue weighted by atomic mass is 10.2. The van der Waals surface area contributed by atoms with Gasteiger partial charge in [0.2, 0.25) is 5.91 Å². The molecule has 2 aromatic rings. The summed E-state index contributed by atoms with van der Waals surface area (Å²) >= 11 is 0. The molecule has 0 unspecified atom stereocenters. The molecule has 25 heavy (non-hydrogen) atoms. The quantitative estimate of drug-likeness (QED) is 0.739. The van der Waals surface area contributed by atoms with Crippen molar-refractivity contribution in [1.82, 2.24) is 10.1 Å². The standard InChI is InChI=1S/C17H20FN3O4/c1-12-10-15(20-25-12)19-16(22)11-21(8-3-9-24-2)17(23)13-4-6-14(18)7-5-13/h4-7,10H,3,8-9,11H2,1-2H3,(H,19,20,22). The Kier molecular flexibility index (Phi) is 6.64. The Labute approximate surface area is 144 Å². The van der Waals surface area contributed by atoms with Gasteiger partial charge in [0.25, 0.3) is 5.91 Å². The molecule has 0 aliphatic carbocycles. The summed E-state index contributed by atoms with van der Waals surface area (Å²) in [4.78, 5) is 26.2. The number of ether oxygens (including phenoxy) is 1. The summed E-state index contributed by atoms with van der Waals surface area (Å²) in [5, 5.41) is 6.25. The lowest BCUT2D eigenvalue weighted by Gasteiger charge is -2.22. The van der Waals surface area contributed by atoms with Crippen molar-refractivity contribution in [3.8, 4) is 0 Å². The minimum absolute atomic E-state index is 0.161. The fraction of sp³-hybridized carbons (Fsp3) is 0.353. The first-order chi connectivity index (χ1) is 12.0. The molecule has 0 aliphatic heterocycles. The highest BCUT2D eigenvalue weighted by molar-refractivity contribution is 5.99. The Morgan fingerprint density at radius 1 is 1.32 bits per heavy atom. The third kappa shape index (κ3) is 5.68. The van der Waals surface area contributed by atoms with Crippen LogP contribution in [0.25, 0.3) is 0 Å². The summed E-state index contributed by atoms with van der Waals surface area (Å²) in [6, 6.07) is 6.77. The zero-order chi connectivity index (χ0) is 18.2. The fourth-order valence-corrected chi connectivity index (χ4v) is 2.21. The van der Waals surface area contributed by atoms with Crippen molar-refractivity contribution in [3.63, 3.8) is 0 Å². The van der Waals surface area contributed by atoms with Gasteiger partial charge in [-0.1, -0.05) is 5.16 Å². The van der Waals surface area contributed by atoms with Crippen LogP contribution in [-0.2, 0) is 9.53 Å². The van der Waals surface area contributed by atoms with Crippen molar-refractivity contribution in [2.45, 2.75) is 13.3 Å².